The summed E-state index contributed by atoms with van der Waals surface area (Å²) in [6, 6.07) is 3.91. The molecule has 0 aliphatic carbocycles. The van der Waals surface area contributed by atoms with Crippen LogP contribution in [0, 0.1) is 5.82 Å². The summed E-state index contributed by atoms with van der Waals surface area (Å²) in [5.74, 6) is -0.274. The minimum absolute atomic E-state index is 0.183. The fourth-order valence-corrected chi connectivity index (χ4v) is 1.27. The molecule has 1 aromatic carbocycles. The molecule has 3 N–H and O–H groups in total. The highest BCUT2D eigenvalue weighted by atomic mass is 19.1. The van der Waals surface area contributed by atoms with Crippen molar-refractivity contribution in [3.63, 3.8) is 0 Å². The highest BCUT2D eigenvalue weighted by Crippen LogP contribution is 2.21. The molecule has 0 bridgehead atoms. The maximum Gasteiger partial charge on any atom is 0.173 e. The number of nitrogens with zero attached hydrogens (tertiary/aromatic N) is 2. The minimum Gasteiger partial charge on any atom is -0.491 e. The molecule has 1 rings (SSSR count). The van der Waals surface area contributed by atoms with Gasteiger partial charge in [-0.05, 0) is 46.1 Å². The molecule has 0 heterocycles. The molecular formula is C13H20FN3O2. The number of nitrogens with two attached hydrogens (primary N) is 1. The summed E-state index contributed by atoms with van der Waals surface area (Å²) < 4.78 is 18.9. The van der Waals surface area contributed by atoms with Gasteiger partial charge < -0.3 is 20.6 Å². The first-order valence-electron chi connectivity index (χ1n) is 5.85. The average Bonchev–Trinajstić information content (AvgIpc) is 2.36. The van der Waals surface area contributed by atoms with Crippen molar-refractivity contribution in [1.29, 1.82) is 0 Å². The number of amidine groups is 1. The molecule has 0 spiro atoms. The van der Waals surface area contributed by atoms with Crippen molar-refractivity contribution in [2.45, 2.75) is 19.4 Å². The smallest absolute Gasteiger partial charge is 0.173 e. The Hall–Kier alpha value is -1.82. The van der Waals surface area contributed by atoms with Gasteiger partial charge in [-0.3, -0.25) is 0 Å². The predicted molar refractivity (Wildman–Crippen MR) is 72.2 cm³/mol. The first-order valence-corrected chi connectivity index (χ1v) is 5.85. The van der Waals surface area contributed by atoms with Crippen LogP contribution in [0.4, 0.5) is 4.39 Å². The topological polar surface area (TPSA) is 71.1 Å². The summed E-state index contributed by atoms with van der Waals surface area (Å²) in [5.41, 5.74) is 5.54. The molecule has 5 nitrogen and oxygen atoms in total. The number of hydrogen-bond donors (Lipinski definition) is 2. The van der Waals surface area contributed by atoms with Gasteiger partial charge in [0.15, 0.2) is 5.84 Å². The average molecular weight is 269 g/mol. The Morgan fingerprint density at radius 2 is 2.11 bits per heavy atom. The van der Waals surface area contributed by atoms with E-state index in [2.05, 4.69) is 5.16 Å². The van der Waals surface area contributed by atoms with Crippen molar-refractivity contribution in [1.82, 2.24) is 4.90 Å². The summed E-state index contributed by atoms with van der Waals surface area (Å²) in [7, 11) is 3.89. The summed E-state index contributed by atoms with van der Waals surface area (Å²) in [6.07, 6.45) is 0. The second-order valence-electron chi connectivity index (χ2n) is 5.12. The third-order valence-electron chi connectivity index (χ3n) is 3.12. The van der Waals surface area contributed by atoms with E-state index in [0.29, 0.717) is 12.4 Å². The Bertz CT molecular complexity index is 473. The molecule has 0 aliphatic heterocycles. The van der Waals surface area contributed by atoms with Crippen LogP contribution in [0.1, 0.15) is 19.4 Å². The molecule has 0 aliphatic rings. The molecule has 0 amide bonds. The molecule has 0 radical (unpaired) electrons. The van der Waals surface area contributed by atoms with E-state index < -0.39 is 5.82 Å². The van der Waals surface area contributed by atoms with Crippen LogP contribution in [0.2, 0.25) is 0 Å². The maximum atomic E-state index is 13.2. The Morgan fingerprint density at radius 3 is 2.63 bits per heavy atom. The lowest BCUT2D eigenvalue weighted by Gasteiger charge is -2.32. The van der Waals surface area contributed by atoms with Crippen LogP contribution in [0.5, 0.6) is 5.75 Å². The molecule has 19 heavy (non-hydrogen) atoms. The van der Waals surface area contributed by atoms with E-state index >= 15 is 0 Å². The zero-order valence-electron chi connectivity index (χ0n) is 11.6. The summed E-state index contributed by atoms with van der Waals surface area (Å²) >= 11 is 0. The number of likely N-dealkylation sites (N-methyl/N-ethyl adjacent to an activating group) is 1. The predicted octanol–water partition coefficient (Wildman–Crippen LogP) is 1.64. The second-order valence-corrected chi connectivity index (χ2v) is 5.12. The molecule has 1 aromatic rings. The standard InChI is InChI=1S/C13H20FN3O2/c1-13(2,17(3)4)8-19-11-6-5-9(14)7-10(11)12(15)16-18/h5-7,18H,8H2,1-4H3,(H2,15,16). The molecule has 0 atom stereocenters. The number of halogens is 1. The van der Waals surface area contributed by atoms with E-state index in [0.717, 1.165) is 0 Å². The van der Waals surface area contributed by atoms with Crippen molar-refractivity contribution < 1.29 is 14.3 Å². The Morgan fingerprint density at radius 1 is 1.47 bits per heavy atom. The van der Waals surface area contributed by atoms with Gasteiger partial charge in [-0.1, -0.05) is 5.16 Å². The van der Waals surface area contributed by atoms with E-state index in [1.54, 1.807) is 0 Å². The van der Waals surface area contributed by atoms with Gasteiger partial charge in [0.25, 0.3) is 0 Å². The van der Waals surface area contributed by atoms with E-state index in [9.17, 15) is 4.39 Å². The van der Waals surface area contributed by atoms with E-state index in [1.807, 2.05) is 32.8 Å². The third kappa shape index (κ3) is 3.82. The highest BCUT2D eigenvalue weighted by molar-refractivity contribution is 5.99. The van der Waals surface area contributed by atoms with E-state index in [4.69, 9.17) is 15.7 Å². The SMILES string of the molecule is CN(C)C(C)(C)COc1ccc(F)cc1C(N)=NO. The largest absolute Gasteiger partial charge is 0.491 e. The van der Waals surface area contributed by atoms with Crippen LogP contribution in [-0.4, -0.2) is 42.2 Å². The fraction of sp³-hybridized carbons (Fsp3) is 0.462. The van der Waals surface area contributed by atoms with Crippen molar-refractivity contribution >= 4 is 5.84 Å². The number of hydrogen-bond acceptors (Lipinski definition) is 4. The van der Waals surface area contributed by atoms with Crippen LogP contribution in [-0.2, 0) is 0 Å². The van der Waals surface area contributed by atoms with E-state index in [-0.39, 0.29) is 16.9 Å². The quantitative estimate of drug-likeness (QED) is 0.369. The second kappa shape index (κ2) is 5.88. The molecule has 0 saturated carbocycles. The maximum absolute atomic E-state index is 13.2. The van der Waals surface area contributed by atoms with Gasteiger partial charge in [0.1, 0.15) is 18.2 Å². The van der Waals surface area contributed by atoms with Crippen molar-refractivity contribution in [2.75, 3.05) is 20.7 Å². The molecule has 106 valence electrons. The van der Waals surface area contributed by atoms with Crippen molar-refractivity contribution in [3.8, 4) is 5.75 Å². The van der Waals surface area contributed by atoms with Crippen LogP contribution in [0.15, 0.2) is 23.4 Å². The van der Waals surface area contributed by atoms with Gasteiger partial charge in [0, 0.05) is 5.54 Å². The van der Waals surface area contributed by atoms with E-state index in [1.165, 1.54) is 18.2 Å². The van der Waals surface area contributed by atoms with Gasteiger partial charge in [-0.25, -0.2) is 4.39 Å². The van der Waals surface area contributed by atoms with Crippen LogP contribution >= 0.6 is 0 Å². The zero-order chi connectivity index (χ0) is 14.6. The first kappa shape index (κ1) is 15.2. The summed E-state index contributed by atoms with van der Waals surface area (Å²) in [4.78, 5) is 2.01. The monoisotopic (exact) mass is 269 g/mol. The highest BCUT2D eigenvalue weighted by Gasteiger charge is 2.22. The third-order valence-corrected chi connectivity index (χ3v) is 3.12. The lowest BCUT2D eigenvalue weighted by Crippen LogP contribution is -2.43. The van der Waals surface area contributed by atoms with Gasteiger partial charge in [0.05, 0.1) is 5.56 Å². The number of rotatable bonds is 5. The lowest BCUT2D eigenvalue weighted by molar-refractivity contribution is 0.114. The van der Waals surface area contributed by atoms with Crippen molar-refractivity contribution in [3.05, 3.63) is 29.6 Å². The zero-order valence-corrected chi connectivity index (χ0v) is 11.6. The first-order chi connectivity index (χ1) is 8.77. The number of oxime groups is 1. The summed E-state index contributed by atoms with van der Waals surface area (Å²) in [5, 5.41) is 11.6. The van der Waals surface area contributed by atoms with Gasteiger partial charge in [-0.2, -0.15) is 0 Å². The van der Waals surface area contributed by atoms with Crippen LogP contribution in [0.25, 0.3) is 0 Å². The normalized spacial score (nSPS) is 12.8. The summed E-state index contributed by atoms with van der Waals surface area (Å²) in [6.45, 7) is 4.41. The Labute approximate surface area is 112 Å². The van der Waals surface area contributed by atoms with Gasteiger partial charge in [0.2, 0.25) is 0 Å². The molecular weight excluding hydrogens is 249 g/mol. The number of ether oxygens (including phenoxy) is 1. The Balaban J connectivity index is 2.96. The lowest BCUT2D eigenvalue weighted by atomic mass is 10.1. The molecule has 0 unspecified atom stereocenters. The fourth-order valence-electron chi connectivity index (χ4n) is 1.27. The Kier molecular flexibility index (Phi) is 4.72. The molecule has 0 aromatic heterocycles. The van der Waals surface area contributed by atoms with Gasteiger partial charge in [-0.15, -0.1) is 0 Å². The van der Waals surface area contributed by atoms with Crippen LogP contribution < -0.4 is 10.5 Å². The number of benzene rings is 1. The molecule has 6 heteroatoms. The van der Waals surface area contributed by atoms with Crippen molar-refractivity contribution in [2.24, 2.45) is 10.9 Å². The van der Waals surface area contributed by atoms with Crippen LogP contribution in [0.3, 0.4) is 0 Å². The minimum atomic E-state index is -0.471. The molecule has 0 fully saturated rings. The molecule has 0 saturated heterocycles. The van der Waals surface area contributed by atoms with Gasteiger partial charge >= 0.3 is 0 Å².